The molecule has 3 unspecified atom stereocenters. The monoisotopic (exact) mass is 360 g/mol. The normalized spacial score (nSPS) is 24.9. The van der Waals surface area contributed by atoms with Crippen molar-refractivity contribution in [3.8, 4) is 5.75 Å². The molecule has 1 saturated carbocycles. The first-order valence-electron chi connectivity index (χ1n) is 8.93. The number of ether oxygens (including phenoxy) is 4. The summed E-state index contributed by atoms with van der Waals surface area (Å²) in [6.07, 6.45) is 3.27. The molecule has 6 nitrogen and oxygen atoms in total. The van der Waals surface area contributed by atoms with E-state index in [2.05, 4.69) is 0 Å². The van der Waals surface area contributed by atoms with Crippen molar-refractivity contribution in [2.45, 2.75) is 38.4 Å². The molecule has 0 spiro atoms. The van der Waals surface area contributed by atoms with Gasteiger partial charge in [0.15, 0.2) is 5.78 Å². The number of ketones is 1. The standard InChI is InChI=1S/C20H24O6/c1-3-24-19(21)12-25-15-8-9-16-18(10-15)26-11-17(20(16)22)13-4-6-14(23-2)7-5-13/h4-7,11,15-16,18H,3,8-10,12H2,1-2H3. The van der Waals surface area contributed by atoms with Crippen LogP contribution in [0.25, 0.3) is 5.57 Å². The van der Waals surface area contributed by atoms with E-state index in [9.17, 15) is 9.59 Å². The quantitative estimate of drug-likeness (QED) is 0.727. The highest BCUT2D eigenvalue weighted by atomic mass is 16.6. The van der Waals surface area contributed by atoms with Gasteiger partial charge in [-0.1, -0.05) is 12.1 Å². The molecule has 1 aromatic rings. The molecule has 0 N–H and O–H groups in total. The Bertz CT molecular complexity index is 678. The molecular formula is C20H24O6. The van der Waals surface area contributed by atoms with Gasteiger partial charge < -0.3 is 18.9 Å². The van der Waals surface area contributed by atoms with E-state index in [0.717, 1.165) is 17.7 Å². The third-order valence-corrected chi connectivity index (χ3v) is 4.85. The van der Waals surface area contributed by atoms with Crippen LogP contribution in [0.2, 0.25) is 0 Å². The Hall–Kier alpha value is -2.34. The maximum absolute atomic E-state index is 12.9. The number of hydrogen-bond acceptors (Lipinski definition) is 6. The fraction of sp³-hybridized carbons (Fsp3) is 0.500. The zero-order chi connectivity index (χ0) is 18.5. The second kappa shape index (κ2) is 8.36. The molecule has 1 aliphatic heterocycles. The lowest BCUT2D eigenvalue weighted by Gasteiger charge is -2.37. The summed E-state index contributed by atoms with van der Waals surface area (Å²) in [7, 11) is 1.61. The topological polar surface area (TPSA) is 71.1 Å². The number of methoxy groups -OCH3 is 1. The van der Waals surface area contributed by atoms with Gasteiger partial charge in [-0.2, -0.15) is 0 Å². The van der Waals surface area contributed by atoms with Gasteiger partial charge in [-0.3, -0.25) is 4.79 Å². The second-order valence-electron chi connectivity index (χ2n) is 6.46. The Morgan fingerprint density at radius 1 is 1.23 bits per heavy atom. The van der Waals surface area contributed by atoms with Crippen LogP contribution in [0.15, 0.2) is 30.5 Å². The third kappa shape index (κ3) is 4.07. The Morgan fingerprint density at radius 2 is 2.00 bits per heavy atom. The molecule has 0 bridgehead atoms. The first kappa shape index (κ1) is 18.5. The summed E-state index contributed by atoms with van der Waals surface area (Å²) in [5.41, 5.74) is 1.43. The zero-order valence-electron chi connectivity index (χ0n) is 15.1. The van der Waals surface area contributed by atoms with Crippen LogP contribution in [-0.2, 0) is 23.8 Å². The smallest absolute Gasteiger partial charge is 0.332 e. The minimum atomic E-state index is -0.364. The van der Waals surface area contributed by atoms with Gasteiger partial charge in [0.25, 0.3) is 0 Å². The molecule has 3 rings (SSSR count). The van der Waals surface area contributed by atoms with Crippen molar-refractivity contribution in [2.24, 2.45) is 5.92 Å². The molecule has 1 aliphatic carbocycles. The fourth-order valence-corrected chi connectivity index (χ4v) is 3.48. The van der Waals surface area contributed by atoms with Crippen LogP contribution in [0.1, 0.15) is 31.7 Å². The predicted octanol–water partition coefficient (Wildman–Crippen LogP) is 2.75. The Morgan fingerprint density at radius 3 is 2.69 bits per heavy atom. The van der Waals surface area contributed by atoms with Crippen molar-refractivity contribution in [3.63, 3.8) is 0 Å². The maximum Gasteiger partial charge on any atom is 0.332 e. The maximum atomic E-state index is 12.9. The number of rotatable bonds is 6. The van der Waals surface area contributed by atoms with Crippen LogP contribution in [0.3, 0.4) is 0 Å². The second-order valence-corrected chi connectivity index (χ2v) is 6.46. The molecule has 3 atom stereocenters. The minimum absolute atomic E-state index is 0.0588. The van der Waals surface area contributed by atoms with E-state index in [1.807, 2.05) is 24.3 Å². The number of carbonyl (C=O) groups excluding carboxylic acids is 2. The van der Waals surface area contributed by atoms with E-state index in [1.165, 1.54) is 0 Å². The lowest BCUT2D eigenvalue weighted by Crippen LogP contribution is -2.41. The number of carbonyl (C=O) groups is 2. The van der Waals surface area contributed by atoms with Crippen molar-refractivity contribution < 1.29 is 28.5 Å². The van der Waals surface area contributed by atoms with Crippen molar-refractivity contribution in [3.05, 3.63) is 36.1 Å². The lowest BCUT2D eigenvalue weighted by atomic mass is 9.78. The summed E-state index contributed by atoms with van der Waals surface area (Å²) in [5.74, 6) is 0.322. The van der Waals surface area contributed by atoms with E-state index < -0.39 is 0 Å². The highest BCUT2D eigenvalue weighted by Gasteiger charge is 2.40. The van der Waals surface area contributed by atoms with E-state index in [-0.39, 0.29) is 36.5 Å². The third-order valence-electron chi connectivity index (χ3n) is 4.85. The number of hydrogen-bond donors (Lipinski definition) is 0. The summed E-state index contributed by atoms with van der Waals surface area (Å²) >= 11 is 0. The number of fused-ring (bicyclic) bond motifs is 1. The van der Waals surface area contributed by atoms with Gasteiger partial charge >= 0.3 is 5.97 Å². The highest BCUT2D eigenvalue weighted by molar-refractivity contribution is 6.22. The van der Waals surface area contributed by atoms with Gasteiger partial charge in [-0.05, 0) is 37.5 Å². The molecule has 0 aromatic heterocycles. The highest BCUT2D eigenvalue weighted by Crippen LogP contribution is 2.37. The van der Waals surface area contributed by atoms with E-state index in [4.69, 9.17) is 18.9 Å². The molecule has 2 aliphatic rings. The Kier molecular flexibility index (Phi) is 5.93. The van der Waals surface area contributed by atoms with Crippen LogP contribution in [0, 0.1) is 5.92 Å². The number of esters is 1. The van der Waals surface area contributed by atoms with Gasteiger partial charge in [0, 0.05) is 6.42 Å². The molecule has 0 saturated heterocycles. The zero-order valence-corrected chi connectivity index (χ0v) is 15.1. The summed E-state index contributed by atoms with van der Waals surface area (Å²) in [4.78, 5) is 24.3. The van der Waals surface area contributed by atoms with Gasteiger partial charge in [-0.25, -0.2) is 4.79 Å². The first-order valence-corrected chi connectivity index (χ1v) is 8.93. The average Bonchev–Trinajstić information content (AvgIpc) is 2.67. The molecule has 1 aromatic carbocycles. The Labute approximate surface area is 153 Å². The lowest BCUT2D eigenvalue weighted by molar-refractivity contribution is -0.153. The largest absolute Gasteiger partial charge is 0.497 e. The van der Waals surface area contributed by atoms with Crippen molar-refractivity contribution in [1.82, 2.24) is 0 Å². The average molecular weight is 360 g/mol. The molecule has 1 fully saturated rings. The summed E-state index contributed by atoms with van der Waals surface area (Å²) in [6.45, 7) is 2.04. The van der Waals surface area contributed by atoms with Gasteiger partial charge in [0.1, 0.15) is 18.5 Å². The first-order chi connectivity index (χ1) is 12.6. The minimum Gasteiger partial charge on any atom is -0.497 e. The summed E-state index contributed by atoms with van der Waals surface area (Å²) in [5, 5.41) is 0. The molecular weight excluding hydrogens is 336 g/mol. The summed E-state index contributed by atoms with van der Waals surface area (Å²) in [6, 6.07) is 7.38. The van der Waals surface area contributed by atoms with Crippen LogP contribution in [0.5, 0.6) is 5.75 Å². The van der Waals surface area contributed by atoms with Gasteiger partial charge in [0.2, 0.25) is 0 Å². The van der Waals surface area contributed by atoms with Crippen LogP contribution in [0.4, 0.5) is 0 Å². The number of allylic oxidation sites excluding steroid dienone is 1. The number of benzene rings is 1. The fourth-order valence-electron chi connectivity index (χ4n) is 3.48. The van der Waals surface area contributed by atoms with Gasteiger partial charge in [0.05, 0.1) is 37.6 Å². The van der Waals surface area contributed by atoms with E-state index in [1.54, 1.807) is 20.3 Å². The Balaban J connectivity index is 1.62. The van der Waals surface area contributed by atoms with Crippen molar-refractivity contribution in [1.29, 1.82) is 0 Å². The van der Waals surface area contributed by atoms with Crippen LogP contribution >= 0.6 is 0 Å². The SMILES string of the molecule is CCOC(=O)COC1CCC2C(=O)C(c3ccc(OC)cc3)=COC2C1. The van der Waals surface area contributed by atoms with Crippen LogP contribution < -0.4 is 4.74 Å². The van der Waals surface area contributed by atoms with Crippen molar-refractivity contribution >= 4 is 17.3 Å². The molecule has 0 radical (unpaired) electrons. The van der Waals surface area contributed by atoms with Gasteiger partial charge in [-0.15, -0.1) is 0 Å². The molecule has 1 heterocycles. The number of Topliss-reactive ketones (excluding diaryl/α,β-unsaturated/α-hetero) is 1. The molecule has 0 amide bonds. The molecule has 26 heavy (non-hydrogen) atoms. The predicted molar refractivity (Wildman–Crippen MR) is 94.6 cm³/mol. The van der Waals surface area contributed by atoms with Crippen LogP contribution in [-0.4, -0.2) is 44.3 Å². The van der Waals surface area contributed by atoms with Crippen molar-refractivity contribution in [2.75, 3.05) is 20.3 Å². The molecule has 140 valence electrons. The summed E-state index contributed by atoms with van der Waals surface area (Å²) < 4.78 is 21.5. The molecule has 6 heteroatoms. The van der Waals surface area contributed by atoms with E-state index >= 15 is 0 Å². The van der Waals surface area contributed by atoms with E-state index in [0.29, 0.717) is 25.0 Å².